The van der Waals surface area contributed by atoms with Crippen molar-refractivity contribution in [3.63, 3.8) is 0 Å². The topological polar surface area (TPSA) is 54.5 Å². The monoisotopic (exact) mass is 373 g/mol. The molecular weight excluding hydrogens is 350 g/mol. The molecule has 0 aliphatic carbocycles. The normalized spacial score (nSPS) is 24.8. The van der Waals surface area contributed by atoms with E-state index in [0.717, 1.165) is 30.4 Å². The van der Waals surface area contributed by atoms with Gasteiger partial charge in [0.15, 0.2) is 0 Å². The van der Waals surface area contributed by atoms with Crippen molar-refractivity contribution in [2.75, 3.05) is 19.7 Å². The Morgan fingerprint density at radius 2 is 1.93 bits per heavy atom. The third-order valence-electron chi connectivity index (χ3n) is 5.81. The minimum Gasteiger partial charge on any atom is -0.371 e. The molecule has 2 saturated heterocycles. The molecule has 3 atom stereocenters. The first-order valence-corrected chi connectivity index (χ1v) is 9.83. The number of fused-ring (bicyclic) bond motifs is 2. The number of morpholine rings is 1. The number of hydrogen-bond donors (Lipinski definition) is 1. The van der Waals surface area contributed by atoms with Crippen molar-refractivity contribution in [2.24, 2.45) is 0 Å². The van der Waals surface area contributed by atoms with E-state index in [1.165, 1.54) is 5.56 Å². The largest absolute Gasteiger partial charge is 0.371 e. The van der Waals surface area contributed by atoms with Gasteiger partial charge < -0.3 is 10.1 Å². The van der Waals surface area contributed by atoms with Crippen molar-refractivity contribution in [2.45, 2.75) is 24.6 Å². The molecule has 5 rings (SSSR count). The molecule has 0 unspecified atom stereocenters. The van der Waals surface area contributed by atoms with Gasteiger partial charge in [-0.25, -0.2) is 0 Å². The molecule has 2 aliphatic heterocycles. The Morgan fingerprint density at radius 1 is 1.04 bits per heavy atom. The van der Waals surface area contributed by atoms with Crippen LogP contribution in [-0.4, -0.2) is 47.6 Å². The highest BCUT2D eigenvalue weighted by molar-refractivity contribution is 6.06. The minimum atomic E-state index is -0.0241. The molecule has 1 N–H and O–H groups in total. The molecule has 28 heavy (non-hydrogen) atoms. The number of carbonyl (C=O) groups is 1. The summed E-state index contributed by atoms with van der Waals surface area (Å²) in [5.74, 6) is -0.0241. The lowest BCUT2D eigenvalue weighted by molar-refractivity contribution is -0.0502. The maximum Gasteiger partial charge on any atom is 0.252 e. The van der Waals surface area contributed by atoms with Crippen molar-refractivity contribution >= 4 is 16.8 Å². The predicted molar refractivity (Wildman–Crippen MR) is 108 cm³/mol. The number of nitrogens with zero attached hydrogens (tertiary/aromatic N) is 2. The molecule has 5 heteroatoms. The third-order valence-corrected chi connectivity index (χ3v) is 5.81. The lowest BCUT2D eigenvalue weighted by atomic mass is 10.1. The fraction of sp³-hybridized carbons (Fsp3) is 0.304. The number of benzene rings is 2. The van der Waals surface area contributed by atoms with Gasteiger partial charge in [0, 0.05) is 42.3 Å². The van der Waals surface area contributed by atoms with Crippen LogP contribution < -0.4 is 5.32 Å². The molecule has 3 heterocycles. The predicted octanol–water partition coefficient (Wildman–Crippen LogP) is 3.18. The van der Waals surface area contributed by atoms with Crippen molar-refractivity contribution in [3.05, 3.63) is 78.0 Å². The summed E-state index contributed by atoms with van der Waals surface area (Å²) in [5, 5.41) is 4.13. The average molecular weight is 373 g/mol. The van der Waals surface area contributed by atoms with Crippen molar-refractivity contribution in [1.82, 2.24) is 15.2 Å². The fourth-order valence-corrected chi connectivity index (χ4v) is 4.41. The fourth-order valence-electron chi connectivity index (χ4n) is 4.41. The number of rotatable bonds is 3. The Labute approximate surface area is 164 Å². The highest BCUT2D eigenvalue weighted by Crippen LogP contribution is 2.30. The average Bonchev–Trinajstić information content (AvgIpc) is 3.15. The van der Waals surface area contributed by atoms with Gasteiger partial charge in [0.1, 0.15) is 0 Å². The van der Waals surface area contributed by atoms with E-state index in [1.807, 2.05) is 36.4 Å². The van der Waals surface area contributed by atoms with E-state index in [-0.39, 0.29) is 18.1 Å². The number of carbonyl (C=O) groups excluding carboxylic acids is 1. The van der Waals surface area contributed by atoms with Gasteiger partial charge in [-0.15, -0.1) is 0 Å². The van der Waals surface area contributed by atoms with Crippen LogP contribution in [0.4, 0.5) is 0 Å². The first-order valence-electron chi connectivity index (χ1n) is 9.83. The highest BCUT2D eigenvalue weighted by atomic mass is 16.5. The SMILES string of the molecule is O=C(N[C@@H]1C[C@H]2CO[C@@H](c3ccccc3)CN2C1)c1cccc2ncccc12. The van der Waals surface area contributed by atoms with Crippen LogP contribution in [0, 0.1) is 0 Å². The molecule has 1 aromatic heterocycles. The Balaban J connectivity index is 1.27. The van der Waals surface area contributed by atoms with Crippen LogP contribution in [0.1, 0.15) is 28.4 Å². The van der Waals surface area contributed by atoms with E-state index < -0.39 is 0 Å². The zero-order chi connectivity index (χ0) is 18.9. The molecule has 2 aromatic carbocycles. The smallest absolute Gasteiger partial charge is 0.252 e. The molecule has 5 nitrogen and oxygen atoms in total. The van der Waals surface area contributed by atoms with Gasteiger partial charge in [-0.1, -0.05) is 42.5 Å². The summed E-state index contributed by atoms with van der Waals surface area (Å²) in [6.45, 7) is 2.45. The van der Waals surface area contributed by atoms with E-state index in [1.54, 1.807) is 6.20 Å². The van der Waals surface area contributed by atoms with E-state index in [4.69, 9.17) is 4.74 Å². The standard InChI is InChI=1S/C23H23N3O2/c27-23(20-8-4-10-21-19(20)9-5-11-24-21)25-17-12-18-15-28-22(14-26(18)13-17)16-6-2-1-3-7-16/h1-11,17-18,22H,12-15H2,(H,25,27)/t17-,18+,22-/m1/s1. The number of amides is 1. The molecule has 0 radical (unpaired) electrons. The number of nitrogens with one attached hydrogen (secondary N) is 1. The number of hydrogen-bond acceptors (Lipinski definition) is 4. The maximum atomic E-state index is 12.9. The summed E-state index contributed by atoms with van der Waals surface area (Å²) in [6, 6.07) is 20.4. The van der Waals surface area contributed by atoms with Gasteiger partial charge in [0.2, 0.25) is 0 Å². The molecule has 2 fully saturated rings. The summed E-state index contributed by atoms with van der Waals surface area (Å²) in [5.41, 5.74) is 2.75. The van der Waals surface area contributed by atoms with Crippen LogP contribution in [-0.2, 0) is 4.74 Å². The van der Waals surface area contributed by atoms with Crippen LogP contribution in [0.5, 0.6) is 0 Å². The second-order valence-corrected chi connectivity index (χ2v) is 7.62. The van der Waals surface area contributed by atoms with Gasteiger partial charge >= 0.3 is 0 Å². The minimum absolute atomic E-state index is 0.0241. The van der Waals surface area contributed by atoms with E-state index >= 15 is 0 Å². The Bertz CT molecular complexity index is 986. The number of ether oxygens (including phenoxy) is 1. The van der Waals surface area contributed by atoms with Crippen LogP contribution >= 0.6 is 0 Å². The van der Waals surface area contributed by atoms with E-state index in [0.29, 0.717) is 18.2 Å². The summed E-state index contributed by atoms with van der Waals surface area (Å²) in [6.07, 6.45) is 2.79. The maximum absolute atomic E-state index is 12.9. The van der Waals surface area contributed by atoms with Gasteiger partial charge in [0.05, 0.1) is 18.2 Å². The first kappa shape index (κ1) is 17.3. The first-order chi connectivity index (χ1) is 13.8. The van der Waals surface area contributed by atoms with Crippen molar-refractivity contribution in [3.8, 4) is 0 Å². The summed E-state index contributed by atoms with van der Waals surface area (Å²) < 4.78 is 6.11. The second-order valence-electron chi connectivity index (χ2n) is 7.62. The molecule has 142 valence electrons. The van der Waals surface area contributed by atoms with E-state index in [9.17, 15) is 4.79 Å². The zero-order valence-corrected chi connectivity index (χ0v) is 15.6. The van der Waals surface area contributed by atoms with Gasteiger partial charge in [-0.3, -0.25) is 14.7 Å². The van der Waals surface area contributed by atoms with Gasteiger partial charge in [0.25, 0.3) is 5.91 Å². The van der Waals surface area contributed by atoms with Crippen LogP contribution in [0.3, 0.4) is 0 Å². The number of aromatic nitrogens is 1. The second kappa shape index (κ2) is 7.34. The van der Waals surface area contributed by atoms with Crippen LogP contribution in [0.15, 0.2) is 66.9 Å². The third kappa shape index (κ3) is 3.28. The molecule has 2 aliphatic rings. The quantitative estimate of drug-likeness (QED) is 0.766. The molecule has 0 spiro atoms. The van der Waals surface area contributed by atoms with Crippen molar-refractivity contribution in [1.29, 1.82) is 0 Å². The molecular formula is C23H23N3O2. The highest BCUT2D eigenvalue weighted by Gasteiger charge is 2.38. The Hall–Kier alpha value is -2.76. The van der Waals surface area contributed by atoms with E-state index in [2.05, 4.69) is 39.5 Å². The molecule has 1 amide bonds. The van der Waals surface area contributed by atoms with Gasteiger partial charge in [-0.05, 0) is 30.2 Å². The Kier molecular flexibility index (Phi) is 4.55. The zero-order valence-electron chi connectivity index (χ0n) is 15.6. The van der Waals surface area contributed by atoms with Crippen LogP contribution in [0.2, 0.25) is 0 Å². The Morgan fingerprint density at radius 3 is 2.82 bits per heavy atom. The molecule has 3 aromatic rings. The summed E-state index contributed by atoms with van der Waals surface area (Å²) in [7, 11) is 0. The lowest BCUT2D eigenvalue weighted by Crippen LogP contribution is -2.43. The lowest BCUT2D eigenvalue weighted by Gasteiger charge is -2.35. The summed E-state index contributed by atoms with van der Waals surface area (Å²) in [4.78, 5) is 19.7. The van der Waals surface area contributed by atoms with Crippen LogP contribution in [0.25, 0.3) is 10.9 Å². The molecule has 0 saturated carbocycles. The number of pyridine rings is 1. The van der Waals surface area contributed by atoms with Crippen molar-refractivity contribution < 1.29 is 9.53 Å². The van der Waals surface area contributed by atoms with Gasteiger partial charge in [-0.2, -0.15) is 0 Å². The summed E-state index contributed by atoms with van der Waals surface area (Å²) >= 11 is 0. The molecule has 0 bridgehead atoms.